The quantitative estimate of drug-likeness (QED) is 0.758. The second-order valence-electron chi connectivity index (χ2n) is 4.56. The molecule has 1 saturated heterocycles. The summed E-state index contributed by atoms with van der Waals surface area (Å²) in [5, 5.41) is 1.61. The summed E-state index contributed by atoms with van der Waals surface area (Å²) in [6.07, 6.45) is 3.39. The molecule has 0 N–H and O–H groups in total. The van der Waals surface area contributed by atoms with Crippen LogP contribution in [-0.2, 0) is 4.84 Å². The number of fused-ring (bicyclic) bond motifs is 1. The van der Waals surface area contributed by atoms with Gasteiger partial charge in [-0.25, -0.2) is 9.69 Å². The molecule has 0 saturated carbocycles. The Balaban J connectivity index is 2.02. The van der Waals surface area contributed by atoms with E-state index >= 15 is 0 Å². The predicted octanol–water partition coefficient (Wildman–Crippen LogP) is 3.05. The number of carbonyl (C=O) groups excluding carboxylic acids is 1. The third-order valence-corrected chi connectivity index (χ3v) is 3.09. The van der Waals surface area contributed by atoms with E-state index < -0.39 is 0 Å². The van der Waals surface area contributed by atoms with Crippen LogP contribution in [0.4, 0.5) is 10.5 Å². The van der Waals surface area contributed by atoms with Crippen LogP contribution in [0.25, 0.3) is 0 Å². The molecule has 1 unspecified atom stereocenters. The van der Waals surface area contributed by atoms with E-state index in [1.165, 1.54) is 0 Å². The number of anilines is 1. The second-order valence-corrected chi connectivity index (χ2v) is 4.56. The van der Waals surface area contributed by atoms with Crippen molar-refractivity contribution in [3.05, 3.63) is 53.8 Å². The lowest BCUT2D eigenvalue weighted by molar-refractivity contribution is -0.0360. The van der Waals surface area contributed by atoms with Crippen LogP contribution in [0.5, 0.6) is 0 Å². The molecule has 1 aromatic carbocycles. The second kappa shape index (κ2) is 3.91. The molecular formula is C14H14N2O2. The lowest BCUT2D eigenvalue weighted by Gasteiger charge is -2.28. The molecule has 0 radical (unpaired) electrons. The Kier molecular flexibility index (Phi) is 2.37. The molecule has 4 nitrogen and oxygen atoms in total. The first-order valence-corrected chi connectivity index (χ1v) is 5.88. The van der Waals surface area contributed by atoms with Gasteiger partial charge in [-0.2, -0.15) is 5.06 Å². The highest BCUT2D eigenvalue weighted by Gasteiger charge is 2.42. The van der Waals surface area contributed by atoms with E-state index in [-0.39, 0.29) is 12.3 Å². The maximum absolute atomic E-state index is 12.0. The average molecular weight is 242 g/mol. The minimum Gasteiger partial charge on any atom is -0.319 e. The molecule has 0 aromatic heterocycles. The minimum absolute atomic E-state index is 0.177. The Labute approximate surface area is 106 Å². The van der Waals surface area contributed by atoms with Crippen molar-refractivity contribution >= 4 is 11.8 Å². The van der Waals surface area contributed by atoms with E-state index in [2.05, 4.69) is 6.08 Å². The molecule has 1 atom stereocenters. The van der Waals surface area contributed by atoms with Gasteiger partial charge in [0.2, 0.25) is 0 Å². The van der Waals surface area contributed by atoms with Gasteiger partial charge in [0.25, 0.3) is 0 Å². The van der Waals surface area contributed by atoms with E-state index in [0.29, 0.717) is 0 Å². The summed E-state index contributed by atoms with van der Waals surface area (Å²) in [6.45, 7) is 3.99. The van der Waals surface area contributed by atoms with Crippen LogP contribution in [0.15, 0.2) is 53.8 Å². The van der Waals surface area contributed by atoms with Crippen LogP contribution < -0.4 is 4.90 Å². The standard InChI is InChI=1S/C14H14N2O2/c1-10-8-11(2)13-15(9-10)18-14(17)16(13)12-6-4-3-5-7-12/h3-9,13H,1-2H3. The summed E-state index contributed by atoms with van der Waals surface area (Å²) in [5.41, 5.74) is 3.01. The molecule has 2 heterocycles. The number of allylic oxidation sites excluding steroid dienone is 2. The Hall–Kier alpha value is -2.23. The first-order valence-electron chi connectivity index (χ1n) is 5.88. The van der Waals surface area contributed by atoms with Gasteiger partial charge >= 0.3 is 6.09 Å². The summed E-state index contributed by atoms with van der Waals surface area (Å²) in [7, 11) is 0. The van der Waals surface area contributed by atoms with Crippen LogP contribution in [0.2, 0.25) is 0 Å². The number of rotatable bonds is 1. The van der Waals surface area contributed by atoms with E-state index in [4.69, 9.17) is 4.84 Å². The topological polar surface area (TPSA) is 32.8 Å². The molecule has 18 heavy (non-hydrogen) atoms. The zero-order valence-corrected chi connectivity index (χ0v) is 10.3. The maximum Gasteiger partial charge on any atom is 0.440 e. The van der Waals surface area contributed by atoms with Gasteiger partial charge in [0.05, 0.1) is 0 Å². The smallest absolute Gasteiger partial charge is 0.319 e. The molecule has 3 rings (SSSR count). The third kappa shape index (κ3) is 1.57. The molecule has 92 valence electrons. The molecule has 2 aliphatic heterocycles. The fraction of sp³-hybridized carbons (Fsp3) is 0.214. The molecular weight excluding hydrogens is 228 g/mol. The fourth-order valence-electron chi connectivity index (χ4n) is 2.41. The fourth-order valence-corrected chi connectivity index (χ4v) is 2.41. The zero-order valence-electron chi connectivity index (χ0n) is 10.3. The predicted molar refractivity (Wildman–Crippen MR) is 68.5 cm³/mol. The van der Waals surface area contributed by atoms with Crippen LogP contribution in [0, 0.1) is 0 Å². The van der Waals surface area contributed by atoms with Gasteiger partial charge in [-0.1, -0.05) is 24.3 Å². The van der Waals surface area contributed by atoms with Gasteiger partial charge in [0, 0.05) is 11.9 Å². The van der Waals surface area contributed by atoms with Crippen molar-refractivity contribution in [2.45, 2.75) is 20.0 Å². The van der Waals surface area contributed by atoms with Gasteiger partial charge in [0.1, 0.15) is 0 Å². The van der Waals surface area contributed by atoms with Crippen LogP contribution in [0.3, 0.4) is 0 Å². The average Bonchev–Trinajstić information content (AvgIpc) is 2.66. The summed E-state index contributed by atoms with van der Waals surface area (Å²) >= 11 is 0. The number of hydrogen-bond acceptors (Lipinski definition) is 3. The number of amides is 1. The molecule has 4 heteroatoms. The minimum atomic E-state index is -0.343. The normalized spacial score (nSPS) is 22.3. The van der Waals surface area contributed by atoms with Gasteiger partial charge in [-0.05, 0) is 37.1 Å². The number of nitrogens with zero attached hydrogens (tertiary/aromatic N) is 2. The van der Waals surface area contributed by atoms with Gasteiger partial charge < -0.3 is 4.84 Å². The van der Waals surface area contributed by atoms with Crippen molar-refractivity contribution in [1.29, 1.82) is 0 Å². The molecule has 0 aliphatic carbocycles. The lowest BCUT2D eigenvalue weighted by atomic mass is 10.1. The summed E-state index contributed by atoms with van der Waals surface area (Å²) in [6, 6.07) is 9.56. The van der Waals surface area contributed by atoms with Crippen LogP contribution in [-0.4, -0.2) is 17.3 Å². The van der Waals surface area contributed by atoms with Crippen molar-refractivity contribution in [3.8, 4) is 0 Å². The SMILES string of the molecule is CC1=CN2OC(=O)N(c3ccccc3)C2C(C)=C1. The van der Waals surface area contributed by atoms with E-state index in [0.717, 1.165) is 16.8 Å². The van der Waals surface area contributed by atoms with E-state index in [1.54, 1.807) is 9.96 Å². The van der Waals surface area contributed by atoms with Crippen molar-refractivity contribution in [1.82, 2.24) is 5.06 Å². The zero-order chi connectivity index (χ0) is 12.7. The summed E-state index contributed by atoms with van der Waals surface area (Å²) in [5.74, 6) is 0. The Bertz CT molecular complexity index is 548. The molecule has 1 aromatic rings. The first kappa shape index (κ1) is 10.9. The molecule has 1 amide bonds. The van der Waals surface area contributed by atoms with Crippen molar-refractivity contribution in [2.75, 3.05) is 4.90 Å². The molecule has 1 fully saturated rings. The monoisotopic (exact) mass is 242 g/mol. The lowest BCUT2D eigenvalue weighted by Crippen LogP contribution is -2.39. The number of hydroxylamine groups is 2. The highest BCUT2D eigenvalue weighted by Crippen LogP contribution is 2.33. The van der Waals surface area contributed by atoms with Crippen molar-refractivity contribution < 1.29 is 9.63 Å². The Morgan fingerprint density at radius 1 is 1.17 bits per heavy atom. The van der Waals surface area contributed by atoms with Crippen LogP contribution >= 0.6 is 0 Å². The maximum atomic E-state index is 12.0. The van der Waals surface area contributed by atoms with E-state index in [9.17, 15) is 4.79 Å². The number of hydrogen-bond donors (Lipinski definition) is 0. The summed E-state index contributed by atoms with van der Waals surface area (Å²) < 4.78 is 0. The third-order valence-electron chi connectivity index (χ3n) is 3.09. The highest BCUT2D eigenvalue weighted by molar-refractivity contribution is 5.90. The molecule has 2 aliphatic rings. The highest BCUT2D eigenvalue weighted by atomic mass is 16.7. The van der Waals surface area contributed by atoms with Crippen molar-refractivity contribution in [3.63, 3.8) is 0 Å². The number of carbonyl (C=O) groups is 1. The van der Waals surface area contributed by atoms with E-state index in [1.807, 2.05) is 50.4 Å². The van der Waals surface area contributed by atoms with Gasteiger partial charge in [-0.15, -0.1) is 0 Å². The molecule has 0 bridgehead atoms. The van der Waals surface area contributed by atoms with Gasteiger partial charge in [-0.3, -0.25) is 0 Å². The Morgan fingerprint density at radius 3 is 2.61 bits per heavy atom. The van der Waals surface area contributed by atoms with Gasteiger partial charge in [0.15, 0.2) is 6.17 Å². The summed E-state index contributed by atoms with van der Waals surface area (Å²) in [4.78, 5) is 18.9. The van der Waals surface area contributed by atoms with Crippen molar-refractivity contribution in [2.24, 2.45) is 0 Å². The molecule has 0 spiro atoms. The van der Waals surface area contributed by atoms with Crippen LogP contribution in [0.1, 0.15) is 13.8 Å². The Morgan fingerprint density at radius 2 is 1.89 bits per heavy atom. The largest absolute Gasteiger partial charge is 0.440 e. The number of benzene rings is 1. The first-order chi connectivity index (χ1) is 8.66. The number of para-hydroxylation sites is 1.